The summed E-state index contributed by atoms with van der Waals surface area (Å²) in [6.07, 6.45) is 2.55. The predicted molar refractivity (Wildman–Crippen MR) is 77.7 cm³/mol. The maximum atomic E-state index is 12.0. The highest BCUT2D eigenvalue weighted by Gasteiger charge is 2.28. The molecule has 1 aliphatic heterocycles. The molecule has 0 fully saturated rings. The zero-order valence-electron chi connectivity index (χ0n) is 11.9. The minimum atomic E-state index is -0.362. The van der Waals surface area contributed by atoms with E-state index in [9.17, 15) is 4.79 Å². The Morgan fingerprint density at radius 2 is 2.33 bits per heavy atom. The minimum Gasteiger partial charge on any atom is -0.299 e. The molecule has 1 aliphatic rings. The van der Waals surface area contributed by atoms with Crippen molar-refractivity contribution in [1.82, 2.24) is 25.1 Å². The van der Waals surface area contributed by atoms with Gasteiger partial charge in [-0.2, -0.15) is 5.10 Å². The number of aromatic nitrogens is 3. The number of rotatable bonds is 3. The summed E-state index contributed by atoms with van der Waals surface area (Å²) in [6, 6.07) is 5.63. The fourth-order valence-corrected chi connectivity index (χ4v) is 2.66. The lowest BCUT2D eigenvalue weighted by Gasteiger charge is -2.26. The normalized spacial score (nSPS) is 14.8. The van der Waals surface area contributed by atoms with Gasteiger partial charge in [0, 0.05) is 31.3 Å². The molecule has 1 amide bonds. The second-order valence-electron chi connectivity index (χ2n) is 4.97. The molecule has 2 aromatic rings. The third kappa shape index (κ3) is 2.41. The molecule has 3 heterocycles. The van der Waals surface area contributed by atoms with Crippen LogP contribution in [-0.4, -0.2) is 38.7 Å². The van der Waals surface area contributed by atoms with E-state index in [0.29, 0.717) is 12.2 Å². The highest BCUT2D eigenvalue weighted by atomic mass is 16.2. The molecule has 3 rings (SSSR count). The first-order valence-electron chi connectivity index (χ1n) is 7.00. The fourth-order valence-electron chi connectivity index (χ4n) is 2.66. The molecule has 0 spiro atoms. The number of pyridine rings is 1. The van der Waals surface area contributed by atoms with E-state index in [1.807, 2.05) is 18.2 Å². The van der Waals surface area contributed by atoms with Crippen LogP contribution in [0.4, 0.5) is 0 Å². The van der Waals surface area contributed by atoms with Crippen molar-refractivity contribution in [3.05, 3.63) is 41.3 Å². The van der Waals surface area contributed by atoms with Crippen molar-refractivity contribution >= 4 is 5.91 Å². The van der Waals surface area contributed by atoms with Crippen molar-refractivity contribution in [1.29, 1.82) is 0 Å². The van der Waals surface area contributed by atoms with Crippen LogP contribution in [0, 0.1) is 0 Å². The van der Waals surface area contributed by atoms with E-state index in [1.54, 1.807) is 10.9 Å². The van der Waals surface area contributed by atoms with Gasteiger partial charge in [-0.25, -0.2) is 15.5 Å². The van der Waals surface area contributed by atoms with Gasteiger partial charge in [0.2, 0.25) is 0 Å². The van der Waals surface area contributed by atoms with Crippen molar-refractivity contribution in [3.8, 4) is 5.82 Å². The Morgan fingerprint density at radius 3 is 3.00 bits per heavy atom. The van der Waals surface area contributed by atoms with Gasteiger partial charge in [-0.05, 0) is 18.7 Å². The quantitative estimate of drug-likeness (QED) is 0.479. The van der Waals surface area contributed by atoms with Crippen molar-refractivity contribution in [2.45, 2.75) is 19.9 Å². The molecule has 0 atom stereocenters. The van der Waals surface area contributed by atoms with Crippen LogP contribution < -0.4 is 11.3 Å². The van der Waals surface area contributed by atoms with Crippen molar-refractivity contribution in [2.75, 3.05) is 13.1 Å². The molecule has 0 unspecified atom stereocenters. The maximum Gasteiger partial charge on any atom is 0.286 e. The number of likely N-dealkylation sites (N-methyl/N-ethyl adjacent to an activating group) is 1. The number of carbonyl (C=O) groups is 1. The van der Waals surface area contributed by atoms with Crippen molar-refractivity contribution < 1.29 is 4.79 Å². The van der Waals surface area contributed by atoms with Gasteiger partial charge in [0.25, 0.3) is 5.91 Å². The number of hydrogen-bond acceptors (Lipinski definition) is 5. The third-order valence-electron chi connectivity index (χ3n) is 3.80. The van der Waals surface area contributed by atoms with Gasteiger partial charge < -0.3 is 0 Å². The first kappa shape index (κ1) is 13.7. The Bertz CT molecular complexity index is 651. The maximum absolute atomic E-state index is 12.0. The van der Waals surface area contributed by atoms with Gasteiger partial charge in [0.05, 0.1) is 5.69 Å². The van der Waals surface area contributed by atoms with E-state index in [4.69, 9.17) is 5.84 Å². The first-order chi connectivity index (χ1) is 10.2. The van der Waals surface area contributed by atoms with Crippen LogP contribution in [0.25, 0.3) is 5.82 Å². The zero-order valence-corrected chi connectivity index (χ0v) is 11.9. The predicted octanol–water partition coefficient (Wildman–Crippen LogP) is 0.249. The third-order valence-corrected chi connectivity index (χ3v) is 3.80. The summed E-state index contributed by atoms with van der Waals surface area (Å²) in [4.78, 5) is 18.6. The molecule has 0 radical (unpaired) electrons. The summed E-state index contributed by atoms with van der Waals surface area (Å²) in [7, 11) is 0. The number of hydrogen-bond donors (Lipinski definition) is 2. The SMILES string of the molecule is CCN1CCc2c(c(C(=O)NN)nn2-c2ccccn2)C1. The Morgan fingerprint density at radius 1 is 1.48 bits per heavy atom. The van der Waals surface area contributed by atoms with Gasteiger partial charge in [-0.3, -0.25) is 15.1 Å². The van der Waals surface area contributed by atoms with E-state index in [-0.39, 0.29) is 5.91 Å². The number of carbonyl (C=O) groups excluding carboxylic acids is 1. The van der Waals surface area contributed by atoms with Crippen LogP contribution in [0.15, 0.2) is 24.4 Å². The highest BCUT2D eigenvalue weighted by Crippen LogP contribution is 2.24. The van der Waals surface area contributed by atoms with E-state index >= 15 is 0 Å². The molecule has 0 aliphatic carbocycles. The molecule has 0 bridgehead atoms. The van der Waals surface area contributed by atoms with E-state index < -0.39 is 0 Å². The van der Waals surface area contributed by atoms with Crippen LogP contribution in [0.5, 0.6) is 0 Å². The minimum absolute atomic E-state index is 0.362. The van der Waals surface area contributed by atoms with E-state index in [2.05, 4.69) is 27.3 Å². The molecule has 2 aromatic heterocycles. The zero-order chi connectivity index (χ0) is 14.8. The Balaban J connectivity index is 2.11. The van der Waals surface area contributed by atoms with Gasteiger partial charge in [-0.15, -0.1) is 0 Å². The number of nitrogens with zero attached hydrogens (tertiary/aromatic N) is 4. The fraction of sp³-hybridized carbons (Fsp3) is 0.357. The topological polar surface area (TPSA) is 89.1 Å². The smallest absolute Gasteiger partial charge is 0.286 e. The van der Waals surface area contributed by atoms with Crippen LogP contribution >= 0.6 is 0 Å². The number of hydrazine groups is 1. The van der Waals surface area contributed by atoms with Crippen molar-refractivity contribution in [3.63, 3.8) is 0 Å². The lowest BCUT2D eigenvalue weighted by Crippen LogP contribution is -2.34. The molecule has 21 heavy (non-hydrogen) atoms. The van der Waals surface area contributed by atoms with E-state index in [0.717, 1.165) is 36.6 Å². The second-order valence-corrected chi connectivity index (χ2v) is 4.97. The van der Waals surface area contributed by atoms with Crippen molar-refractivity contribution in [2.24, 2.45) is 5.84 Å². The molecule has 0 aromatic carbocycles. The standard InChI is InChI=1S/C14H18N6O/c1-2-19-8-6-11-10(9-19)13(14(21)17-15)18-20(11)12-5-3-4-7-16-12/h3-5,7H,2,6,8-9,15H2,1H3,(H,17,21). The summed E-state index contributed by atoms with van der Waals surface area (Å²) < 4.78 is 1.76. The van der Waals surface area contributed by atoms with E-state index in [1.165, 1.54) is 0 Å². The van der Waals surface area contributed by atoms with Crippen LogP contribution in [-0.2, 0) is 13.0 Å². The van der Waals surface area contributed by atoms with Crippen LogP contribution in [0.1, 0.15) is 28.7 Å². The molecule has 3 N–H and O–H groups in total. The summed E-state index contributed by atoms with van der Waals surface area (Å²) in [6.45, 7) is 4.71. The molecule has 110 valence electrons. The van der Waals surface area contributed by atoms with Gasteiger partial charge in [0.1, 0.15) is 0 Å². The first-order valence-corrected chi connectivity index (χ1v) is 7.00. The monoisotopic (exact) mass is 286 g/mol. The molecule has 0 saturated heterocycles. The number of nitrogens with one attached hydrogen (secondary N) is 1. The lowest BCUT2D eigenvalue weighted by atomic mass is 10.0. The second kappa shape index (κ2) is 5.63. The number of nitrogens with two attached hydrogens (primary N) is 1. The van der Waals surface area contributed by atoms with Gasteiger partial charge in [-0.1, -0.05) is 13.0 Å². The average molecular weight is 286 g/mol. The Labute approximate surface area is 122 Å². The van der Waals surface area contributed by atoms with Gasteiger partial charge in [0.15, 0.2) is 11.5 Å². The molecule has 7 heteroatoms. The van der Waals surface area contributed by atoms with Gasteiger partial charge >= 0.3 is 0 Å². The molecule has 0 saturated carbocycles. The Kier molecular flexibility index (Phi) is 3.68. The lowest BCUT2D eigenvalue weighted by molar-refractivity contribution is 0.0946. The number of fused-ring (bicyclic) bond motifs is 1. The largest absolute Gasteiger partial charge is 0.299 e. The summed E-state index contributed by atoms with van der Waals surface area (Å²) in [5.41, 5.74) is 4.54. The summed E-state index contributed by atoms with van der Waals surface area (Å²) in [5.74, 6) is 5.63. The summed E-state index contributed by atoms with van der Waals surface area (Å²) in [5, 5.41) is 4.44. The molecular weight excluding hydrogens is 268 g/mol. The average Bonchev–Trinajstić information content (AvgIpc) is 2.93. The molecule has 7 nitrogen and oxygen atoms in total. The van der Waals surface area contributed by atoms with Crippen LogP contribution in [0.3, 0.4) is 0 Å². The molecular formula is C14H18N6O. The highest BCUT2D eigenvalue weighted by molar-refractivity contribution is 5.93. The van der Waals surface area contributed by atoms with Crippen LogP contribution in [0.2, 0.25) is 0 Å². The Hall–Kier alpha value is -2.25. The summed E-state index contributed by atoms with van der Waals surface area (Å²) >= 11 is 0. The number of amides is 1. The number of nitrogen functional groups attached to an aromatic ring is 1.